The number of nitrogens with zero attached hydrogens (tertiary/aromatic N) is 1. The lowest BCUT2D eigenvalue weighted by Gasteiger charge is -2.04. The molecule has 0 aliphatic rings. The first-order valence-electron chi connectivity index (χ1n) is 7.35. The van der Waals surface area contributed by atoms with E-state index in [0.717, 1.165) is 0 Å². The number of aliphatic hydroxyl groups excluding tert-OH is 1. The summed E-state index contributed by atoms with van der Waals surface area (Å²) in [7, 11) is 0. The first-order chi connectivity index (χ1) is 12.1. The van der Waals surface area contributed by atoms with Crippen LogP contribution in [-0.2, 0) is 0 Å². The van der Waals surface area contributed by atoms with Crippen LogP contribution in [0, 0.1) is 0 Å². The highest BCUT2D eigenvalue weighted by molar-refractivity contribution is 5.99. The van der Waals surface area contributed by atoms with Gasteiger partial charge in [0.2, 0.25) is 0 Å². The molecule has 0 aliphatic heterocycles. The average Bonchev–Trinajstić information content (AvgIpc) is 2.66. The number of ether oxygens (including phenoxy) is 1. The number of hydrazone groups is 1. The Bertz CT molecular complexity index is 776. The van der Waals surface area contributed by atoms with E-state index in [-0.39, 0.29) is 24.3 Å². The minimum Gasteiger partial charge on any atom is -0.491 e. The molecule has 0 fully saturated rings. The molecule has 0 bridgehead atoms. The molecule has 0 aliphatic carbocycles. The van der Waals surface area contributed by atoms with Crippen molar-refractivity contribution in [1.82, 2.24) is 10.9 Å². The number of carbonyl (C=O) groups is 2. The second-order valence-electron chi connectivity index (χ2n) is 4.87. The van der Waals surface area contributed by atoms with E-state index >= 15 is 0 Å². The number of benzene rings is 2. The summed E-state index contributed by atoms with van der Waals surface area (Å²) in [5, 5.41) is 21.2. The summed E-state index contributed by atoms with van der Waals surface area (Å²) in [5.74, 6) is -0.638. The van der Waals surface area contributed by atoms with Crippen LogP contribution in [0.3, 0.4) is 0 Å². The summed E-state index contributed by atoms with van der Waals surface area (Å²) in [6.07, 6.45) is 1.44. The van der Waals surface area contributed by atoms with E-state index < -0.39 is 11.8 Å². The van der Waals surface area contributed by atoms with Crippen LogP contribution in [0.25, 0.3) is 0 Å². The fourth-order valence-corrected chi connectivity index (χ4v) is 1.94. The van der Waals surface area contributed by atoms with Gasteiger partial charge in [0.15, 0.2) is 0 Å². The smallest absolute Gasteiger partial charge is 0.274 e. The zero-order valence-corrected chi connectivity index (χ0v) is 13.2. The van der Waals surface area contributed by atoms with Gasteiger partial charge in [-0.2, -0.15) is 5.10 Å². The molecule has 130 valence electrons. The number of hydroxylamine groups is 1. The van der Waals surface area contributed by atoms with Gasteiger partial charge in [0.1, 0.15) is 12.4 Å². The van der Waals surface area contributed by atoms with E-state index in [4.69, 9.17) is 15.1 Å². The van der Waals surface area contributed by atoms with Crippen molar-refractivity contribution in [2.75, 3.05) is 13.2 Å². The van der Waals surface area contributed by atoms with Gasteiger partial charge < -0.3 is 9.84 Å². The molecule has 0 unspecified atom stereocenters. The maximum Gasteiger partial charge on any atom is 0.274 e. The van der Waals surface area contributed by atoms with Crippen molar-refractivity contribution in [3.63, 3.8) is 0 Å². The van der Waals surface area contributed by atoms with Gasteiger partial charge in [-0.15, -0.1) is 0 Å². The highest BCUT2D eigenvalue weighted by Crippen LogP contribution is 2.11. The Labute approximate surface area is 143 Å². The predicted octanol–water partition coefficient (Wildman–Crippen LogP) is 0.941. The number of carbonyl (C=O) groups excluding carboxylic acids is 2. The Hall–Kier alpha value is -3.23. The van der Waals surface area contributed by atoms with E-state index in [2.05, 4.69) is 10.5 Å². The summed E-state index contributed by atoms with van der Waals surface area (Å²) in [5.41, 5.74) is 4.92. The van der Waals surface area contributed by atoms with Crippen molar-refractivity contribution in [1.29, 1.82) is 0 Å². The fourth-order valence-electron chi connectivity index (χ4n) is 1.94. The Morgan fingerprint density at radius 2 is 1.80 bits per heavy atom. The molecular formula is C17H17N3O5. The number of amides is 2. The lowest BCUT2D eigenvalue weighted by Crippen LogP contribution is -2.21. The molecule has 8 heteroatoms. The van der Waals surface area contributed by atoms with Gasteiger partial charge in [-0.25, -0.2) is 10.9 Å². The summed E-state index contributed by atoms with van der Waals surface area (Å²) < 4.78 is 5.28. The van der Waals surface area contributed by atoms with E-state index in [1.54, 1.807) is 24.3 Å². The van der Waals surface area contributed by atoms with Gasteiger partial charge in [0, 0.05) is 11.1 Å². The number of aliphatic hydroxyl groups is 1. The first kappa shape index (κ1) is 18.1. The number of rotatable bonds is 7. The van der Waals surface area contributed by atoms with Crippen LogP contribution in [0.2, 0.25) is 0 Å². The highest BCUT2D eigenvalue weighted by atomic mass is 16.5. The Morgan fingerprint density at radius 3 is 2.52 bits per heavy atom. The van der Waals surface area contributed by atoms with Gasteiger partial charge in [-0.1, -0.05) is 18.2 Å². The van der Waals surface area contributed by atoms with Crippen LogP contribution in [0.1, 0.15) is 26.3 Å². The van der Waals surface area contributed by atoms with Crippen molar-refractivity contribution in [3.05, 3.63) is 65.2 Å². The van der Waals surface area contributed by atoms with E-state index in [9.17, 15) is 9.59 Å². The molecule has 2 amide bonds. The third-order valence-electron chi connectivity index (χ3n) is 3.09. The predicted molar refractivity (Wildman–Crippen MR) is 89.8 cm³/mol. The molecule has 0 saturated carbocycles. The SMILES string of the molecule is O=C(NO)c1cccc(C(=O)N/N=C/c2cccc(OCCO)c2)c1. The lowest BCUT2D eigenvalue weighted by atomic mass is 10.1. The molecule has 8 nitrogen and oxygen atoms in total. The van der Waals surface area contributed by atoms with E-state index in [1.165, 1.54) is 36.0 Å². The maximum atomic E-state index is 12.0. The molecule has 0 heterocycles. The van der Waals surface area contributed by atoms with Gasteiger partial charge in [-0.05, 0) is 35.9 Å². The topological polar surface area (TPSA) is 120 Å². The molecule has 0 radical (unpaired) electrons. The monoisotopic (exact) mass is 343 g/mol. The van der Waals surface area contributed by atoms with Crippen LogP contribution < -0.4 is 15.6 Å². The summed E-state index contributed by atoms with van der Waals surface area (Å²) in [4.78, 5) is 23.4. The van der Waals surface area contributed by atoms with Crippen LogP contribution in [0.4, 0.5) is 0 Å². The number of hydrogen-bond acceptors (Lipinski definition) is 6. The molecule has 2 aromatic carbocycles. The Balaban J connectivity index is 2.00. The summed E-state index contributed by atoms with van der Waals surface area (Å²) >= 11 is 0. The van der Waals surface area contributed by atoms with Crippen LogP contribution >= 0.6 is 0 Å². The normalized spacial score (nSPS) is 10.5. The Kier molecular flexibility index (Phi) is 6.64. The summed E-state index contributed by atoms with van der Waals surface area (Å²) in [6.45, 7) is 0.108. The molecule has 0 aromatic heterocycles. The number of hydrogen-bond donors (Lipinski definition) is 4. The maximum absolute atomic E-state index is 12.0. The number of nitrogens with one attached hydrogen (secondary N) is 2. The van der Waals surface area contributed by atoms with Crippen LogP contribution in [-0.4, -0.2) is 41.6 Å². The third-order valence-corrected chi connectivity index (χ3v) is 3.09. The Morgan fingerprint density at radius 1 is 1.08 bits per heavy atom. The first-order valence-corrected chi connectivity index (χ1v) is 7.35. The van der Waals surface area contributed by atoms with Crippen molar-refractivity contribution in [2.45, 2.75) is 0 Å². The largest absolute Gasteiger partial charge is 0.491 e. The molecule has 25 heavy (non-hydrogen) atoms. The van der Waals surface area contributed by atoms with Crippen molar-refractivity contribution in [2.24, 2.45) is 5.10 Å². The zero-order chi connectivity index (χ0) is 18.1. The van der Waals surface area contributed by atoms with Crippen LogP contribution in [0.5, 0.6) is 5.75 Å². The molecule has 0 saturated heterocycles. The minimum absolute atomic E-state index is 0.0816. The van der Waals surface area contributed by atoms with Gasteiger partial charge in [0.05, 0.1) is 12.8 Å². The summed E-state index contributed by atoms with van der Waals surface area (Å²) in [6, 6.07) is 12.8. The lowest BCUT2D eigenvalue weighted by molar-refractivity contribution is 0.0706. The second-order valence-corrected chi connectivity index (χ2v) is 4.87. The van der Waals surface area contributed by atoms with Gasteiger partial charge in [0.25, 0.3) is 11.8 Å². The van der Waals surface area contributed by atoms with Crippen molar-refractivity contribution >= 4 is 18.0 Å². The molecule has 0 spiro atoms. The third kappa shape index (κ3) is 5.41. The zero-order valence-electron chi connectivity index (χ0n) is 13.2. The van der Waals surface area contributed by atoms with Gasteiger partial charge in [-0.3, -0.25) is 14.8 Å². The standard InChI is InChI=1S/C17H17N3O5/c21-7-8-25-15-6-1-3-12(9-15)11-18-19-16(22)13-4-2-5-14(10-13)17(23)20-24/h1-6,9-11,21,24H,7-8H2,(H,19,22)(H,20,23)/b18-11+. The molecule has 2 rings (SSSR count). The molecular weight excluding hydrogens is 326 g/mol. The second kappa shape index (κ2) is 9.16. The highest BCUT2D eigenvalue weighted by Gasteiger charge is 2.09. The van der Waals surface area contributed by atoms with E-state index in [0.29, 0.717) is 11.3 Å². The van der Waals surface area contributed by atoms with E-state index in [1.807, 2.05) is 0 Å². The quantitative estimate of drug-likeness (QED) is 0.339. The molecule has 2 aromatic rings. The molecule has 0 atom stereocenters. The van der Waals surface area contributed by atoms with Crippen molar-refractivity contribution in [3.8, 4) is 5.75 Å². The van der Waals surface area contributed by atoms with Gasteiger partial charge >= 0.3 is 0 Å². The molecule has 4 N–H and O–H groups in total. The van der Waals surface area contributed by atoms with Crippen LogP contribution in [0.15, 0.2) is 53.6 Å². The fraction of sp³-hybridized carbons (Fsp3) is 0.118. The van der Waals surface area contributed by atoms with Crippen molar-refractivity contribution < 1.29 is 24.6 Å². The average molecular weight is 343 g/mol. The minimum atomic E-state index is -0.710.